The molecule has 1 amide bonds. The van der Waals surface area contributed by atoms with E-state index in [9.17, 15) is 4.79 Å². The fraction of sp³-hybridized carbons (Fsp3) is 0.500. The Morgan fingerprint density at radius 2 is 2.48 bits per heavy atom. The van der Waals surface area contributed by atoms with Crippen LogP contribution in [0.5, 0.6) is 0 Å². The first-order chi connectivity index (χ1) is 10.1. The van der Waals surface area contributed by atoms with E-state index in [-0.39, 0.29) is 11.8 Å². The summed E-state index contributed by atoms with van der Waals surface area (Å²) in [5, 5.41) is 9.40. The predicted octanol–water partition coefficient (Wildman–Crippen LogP) is 2.81. The predicted molar refractivity (Wildman–Crippen MR) is 84.3 cm³/mol. The van der Waals surface area contributed by atoms with Crippen LogP contribution in [0.4, 0.5) is 0 Å². The fourth-order valence-electron chi connectivity index (χ4n) is 2.74. The largest absolute Gasteiger partial charge is 0.356 e. The van der Waals surface area contributed by atoms with Gasteiger partial charge in [0.15, 0.2) is 0 Å². The third-order valence-electron chi connectivity index (χ3n) is 4.05. The standard InChI is InChI=1S/C16H21N3OS/c1-11(10-19-6-3-5-18-19)9-17-16(20)14-8-13(14)15-12(2)4-7-21-15/h3-7,11,13-14H,8-10H2,1-2H3,(H,17,20). The highest BCUT2D eigenvalue weighted by molar-refractivity contribution is 7.10. The fourth-order valence-corrected chi connectivity index (χ4v) is 3.85. The van der Waals surface area contributed by atoms with E-state index < -0.39 is 0 Å². The highest BCUT2D eigenvalue weighted by atomic mass is 32.1. The number of amides is 1. The molecule has 0 saturated heterocycles. The zero-order valence-electron chi connectivity index (χ0n) is 12.5. The van der Waals surface area contributed by atoms with E-state index >= 15 is 0 Å². The number of hydrogen-bond donors (Lipinski definition) is 1. The molecule has 1 aliphatic rings. The molecule has 0 aromatic carbocycles. The Hall–Kier alpha value is -1.62. The first kappa shape index (κ1) is 14.3. The zero-order chi connectivity index (χ0) is 14.8. The molecule has 2 heterocycles. The van der Waals surface area contributed by atoms with E-state index in [1.54, 1.807) is 17.5 Å². The Labute approximate surface area is 129 Å². The van der Waals surface area contributed by atoms with E-state index in [2.05, 4.69) is 35.7 Å². The number of thiophene rings is 1. The molecule has 5 heteroatoms. The molecular weight excluding hydrogens is 282 g/mol. The number of aromatic nitrogens is 2. The van der Waals surface area contributed by atoms with Crippen LogP contribution in [0.2, 0.25) is 0 Å². The Kier molecular flexibility index (Phi) is 4.10. The number of carbonyl (C=O) groups is 1. The van der Waals surface area contributed by atoms with Crippen LogP contribution in [-0.2, 0) is 11.3 Å². The molecule has 21 heavy (non-hydrogen) atoms. The molecule has 0 bridgehead atoms. The van der Waals surface area contributed by atoms with Crippen molar-refractivity contribution in [1.29, 1.82) is 0 Å². The molecule has 112 valence electrons. The summed E-state index contributed by atoms with van der Waals surface area (Å²) in [4.78, 5) is 13.6. The summed E-state index contributed by atoms with van der Waals surface area (Å²) >= 11 is 1.78. The third kappa shape index (κ3) is 3.35. The van der Waals surface area contributed by atoms with Crippen LogP contribution in [0.15, 0.2) is 29.9 Å². The second-order valence-electron chi connectivity index (χ2n) is 5.99. The molecule has 1 fully saturated rings. The Bertz CT molecular complexity index is 605. The van der Waals surface area contributed by atoms with Gasteiger partial charge < -0.3 is 5.32 Å². The lowest BCUT2D eigenvalue weighted by Crippen LogP contribution is -2.31. The van der Waals surface area contributed by atoms with Gasteiger partial charge in [0, 0.05) is 42.2 Å². The van der Waals surface area contributed by atoms with E-state index in [0.29, 0.717) is 18.4 Å². The maximum Gasteiger partial charge on any atom is 0.223 e. The molecule has 3 unspecified atom stereocenters. The van der Waals surface area contributed by atoms with Gasteiger partial charge in [-0.1, -0.05) is 6.92 Å². The van der Waals surface area contributed by atoms with E-state index in [1.165, 1.54) is 10.4 Å². The van der Waals surface area contributed by atoms with Crippen LogP contribution in [0.1, 0.15) is 29.7 Å². The van der Waals surface area contributed by atoms with Crippen LogP contribution < -0.4 is 5.32 Å². The van der Waals surface area contributed by atoms with Gasteiger partial charge in [-0.05, 0) is 42.3 Å². The van der Waals surface area contributed by atoms with Crippen molar-refractivity contribution < 1.29 is 4.79 Å². The van der Waals surface area contributed by atoms with Crippen LogP contribution in [0.3, 0.4) is 0 Å². The van der Waals surface area contributed by atoms with Gasteiger partial charge in [0.1, 0.15) is 0 Å². The lowest BCUT2D eigenvalue weighted by molar-refractivity contribution is -0.122. The van der Waals surface area contributed by atoms with Crippen LogP contribution in [0, 0.1) is 18.8 Å². The summed E-state index contributed by atoms with van der Waals surface area (Å²) in [6.07, 6.45) is 4.74. The lowest BCUT2D eigenvalue weighted by Gasteiger charge is -2.12. The second kappa shape index (κ2) is 6.02. The average Bonchev–Trinajstić information content (AvgIpc) is 2.86. The highest BCUT2D eigenvalue weighted by Gasteiger charge is 2.45. The summed E-state index contributed by atoms with van der Waals surface area (Å²) in [5.74, 6) is 1.22. The number of aryl methyl sites for hydroxylation is 1. The Morgan fingerprint density at radius 3 is 3.14 bits per heavy atom. The maximum atomic E-state index is 12.2. The van der Waals surface area contributed by atoms with Gasteiger partial charge in [-0.25, -0.2) is 0 Å². The quantitative estimate of drug-likeness (QED) is 0.892. The zero-order valence-corrected chi connectivity index (χ0v) is 13.3. The number of carbonyl (C=O) groups excluding carboxylic acids is 1. The van der Waals surface area contributed by atoms with E-state index in [1.807, 2.05) is 16.9 Å². The monoisotopic (exact) mass is 303 g/mol. The summed E-state index contributed by atoms with van der Waals surface area (Å²) in [7, 11) is 0. The minimum absolute atomic E-state index is 0.180. The van der Waals surface area contributed by atoms with Crippen molar-refractivity contribution in [1.82, 2.24) is 15.1 Å². The molecular formula is C16H21N3OS. The normalized spacial score (nSPS) is 22.0. The van der Waals surface area contributed by atoms with Crippen molar-refractivity contribution in [3.05, 3.63) is 40.3 Å². The highest BCUT2D eigenvalue weighted by Crippen LogP contribution is 2.50. The average molecular weight is 303 g/mol. The number of nitrogens with zero attached hydrogens (tertiary/aromatic N) is 2. The minimum Gasteiger partial charge on any atom is -0.356 e. The van der Waals surface area contributed by atoms with Gasteiger partial charge >= 0.3 is 0 Å². The first-order valence-electron chi connectivity index (χ1n) is 7.44. The molecule has 3 atom stereocenters. The van der Waals surface area contributed by atoms with Crippen LogP contribution >= 0.6 is 11.3 Å². The Balaban J connectivity index is 1.44. The van der Waals surface area contributed by atoms with Crippen molar-refractivity contribution in [2.24, 2.45) is 11.8 Å². The van der Waals surface area contributed by atoms with Gasteiger partial charge in [0.05, 0.1) is 0 Å². The molecule has 2 aromatic rings. The maximum absolute atomic E-state index is 12.2. The van der Waals surface area contributed by atoms with Crippen molar-refractivity contribution in [2.75, 3.05) is 6.54 Å². The first-order valence-corrected chi connectivity index (χ1v) is 8.32. The van der Waals surface area contributed by atoms with E-state index in [4.69, 9.17) is 0 Å². The molecule has 4 nitrogen and oxygen atoms in total. The number of hydrogen-bond acceptors (Lipinski definition) is 3. The van der Waals surface area contributed by atoms with Gasteiger partial charge in [-0.15, -0.1) is 11.3 Å². The molecule has 0 radical (unpaired) electrons. The van der Waals surface area contributed by atoms with Crippen LogP contribution in [-0.4, -0.2) is 22.2 Å². The van der Waals surface area contributed by atoms with Crippen LogP contribution in [0.25, 0.3) is 0 Å². The smallest absolute Gasteiger partial charge is 0.223 e. The lowest BCUT2D eigenvalue weighted by atomic mass is 10.1. The summed E-state index contributed by atoms with van der Waals surface area (Å²) in [6, 6.07) is 4.06. The molecule has 1 aliphatic carbocycles. The molecule has 0 aliphatic heterocycles. The number of rotatable bonds is 6. The van der Waals surface area contributed by atoms with Crippen molar-refractivity contribution >= 4 is 17.2 Å². The van der Waals surface area contributed by atoms with Crippen molar-refractivity contribution in [2.45, 2.75) is 32.7 Å². The summed E-state index contributed by atoms with van der Waals surface area (Å²) < 4.78 is 1.91. The topological polar surface area (TPSA) is 46.9 Å². The Morgan fingerprint density at radius 1 is 1.62 bits per heavy atom. The van der Waals surface area contributed by atoms with Crippen molar-refractivity contribution in [3.8, 4) is 0 Å². The van der Waals surface area contributed by atoms with Crippen molar-refractivity contribution in [3.63, 3.8) is 0 Å². The summed E-state index contributed by atoms with van der Waals surface area (Å²) in [6.45, 7) is 5.82. The molecule has 3 rings (SSSR count). The van der Waals surface area contributed by atoms with Gasteiger partial charge in [0.25, 0.3) is 0 Å². The molecule has 1 N–H and O–H groups in total. The molecule has 0 spiro atoms. The third-order valence-corrected chi connectivity index (χ3v) is 5.20. The molecule has 2 aromatic heterocycles. The second-order valence-corrected chi connectivity index (χ2v) is 6.94. The van der Waals surface area contributed by atoms with E-state index in [0.717, 1.165) is 13.0 Å². The number of nitrogens with one attached hydrogen (secondary N) is 1. The van der Waals surface area contributed by atoms with Gasteiger partial charge in [0.2, 0.25) is 5.91 Å². The SMILES string of the molecule is Cc1ccsc1C1CC1C(=O)NCC(C)Cn1cccn1. The minimum atomic E-state index is 0.180. The summed E-state index contributed by atoms with van der Waals surface area (Å²) in [5.41, 5.74) is 1.33. The van der Waals surface area contributed by atoms with Gasteiger partial charge in [-0.3, -0.25) is 9.48 Å². The van der Waals surface area contributed by atoms with Gasteiger partial charge in [-0.2, -0.15) is 5.10 Å². The molecule has 1 saturated carbocycles.